The van der Waals surface area contributed by atoms with Crippen molar-refractivity contribution in [2.24, 2.45) is 0 Å². The molecule has 0 bridgehead atoms. The van der Waals surface area contributed by atoms with Gasteiger partial charge in [0.15, 0.2) is 6.10 Å². The minimum Gasteiger partial charge on any atom is -0.448 e. The molecule has 7 heteroatoms. The van der Waals surface area contributed by atoms with Crippen molar-refractivity contribution in [3.05, 3.63) is 52.0 Å². The number of likely N-dealkylation sites (tertiary alicyclic amines) is 1. The highest BCUT2D eigenvalue weighted by atomic mass is 32.1. The number of fused-ring (bicyclic) bond motifs is 1. The van der Waals surface area contributed by atoms with Gasteiger partial charge in [0.25, 0.3) is 5.91 Å². The molecule has 4 rings (SSSR count). The van der Waals surface area contributed by atoms with Crippen molar-refractivity contribution in [3.63, 3.8) is 0 Å². The summed E-state index contributed by atoms with van der Waals surface area (Å²) in [6.07, 6.45) is 1.26. The fraction of sp³-hybridized carbons (Fsp3) is 0.409. The smallest absolute Gasteiger partial charge is 0.349 e. The predicted molar refractivity (Wildman–Crippen MR) is 113 cm³/mol. The van der Waals surface area contributed by atoms with E-state index < -0.39 is 12.1 Å². The molecule has 3 aromatic rings. The number of amides is 1. The molecule has 1 aliphatic heterocycles. The number of esters is 1. The van der Waals surface area contributed by atoms with Gasteiger partial charge in [0.2, 0.25) is 0 Å². The first-order valence-corrected chi connectivity index (χ1v) is 10.8. The second kappa shape index (κ2) is 7.99. The molecule has 1 fully saturated rings. The minimum atomic E-state index is -0.768. The fourth-order valence-electron chi connectivity index (χ4n) is 3.65. The van der Waals surface area contributed by atoms with E-state index in [0.29, 0.717) is 11.4 Å². The number of carbonyl (C=O) groups excluding carboxylic acids is 2. The van der Waals surface area contributed by atoms with Crippen LogP contribution in [-0.2, 0) is 16.1 Å². The highest BCUT2D eigenvalue weighted by Crippen LogP contribution is 2.29. The Morgan fingerprint density at radius 1 is 1.17 bits per heavy atom. The van der Waals surface area contributed by atoms with Crippen LogP contribution in [0, 0.1) is 13.8 Å². The van der Waals surface area contributed by atoms with Crippen LogP contribution >= 0.6 is 11.3 Å². The van der Waals surface area contributed by atoms with Crippen molar-refractivity contribution in [1.82, 2.24) is 14.7 Å². The van der Waals surface area contributed by atoms with E-state index in [2.05, 4.69) is 36.3 Å². The second-order valence-electron chi connectivity index (χ2n) is 7.64. The lowest BCUT2D eigenvalue weighted by atomic mass is 10.1. The van der Waals surface area contributed by atoms with E-state index in [4.69, 9.17) is 4.74 Å². The maximum atomic E-state index is 12.6. The summed E-state index contributed by atoms with van der Waals surface area (Å²) in [6.45, 7) is 7.79. The number of aryl methyl sites for hydroxylation is 2. The van der Waals surface area contributed by atoms with Crippen molar-refractivity contribution in [2.75, 3.05) is 13.1 Å². The van der Waals surface area contributed by atoms with Gasteiger partial charge in [-0.15, -0.1) is 11.3 Å². The molecule has 0 spiro atoms. The van der Waals surface area contributed by atoms with Crippen LogP contribution in [0.15, 0.2) is 30.3 Å². The van der Waals surface area contributed by atoms with Crippen LogP contribution in [0.3, 0.4) is 0 Å². The monoisotopic (exact) mass is 411 g/mol. The summed E-state index contributed by atoms with van der Waals surface area (Å²) in [5.74, 6) is -0.564. The molecule has 1 aliphatic rings. The van der Waals surface area contributed by atoms with Gasteiger partial charge in [-0.25, -0.2) is 4.79 Å². The molecular weight excluding hydrogens is 386 g/mol. The van der Waals surface area contributed by atoms with Crippen LogP contribution in [0.5, 0.6) is 0 Å². The minimum absolute atomic E-state index is 0.112. The average molecular weight is 412 g/mol. The van der Waals surface area contributed by atoms with Crippen molar-refractivity contribution < 1.29 is 14.3 Å². The molecule has 1 amide bonds. The molecule has 0 radical (unpaired) electrons. The van der Waals surface area contributed by atoms with Gasteiger partial charge in [0.05, 0.1) is 12.2 Å². The number of aromatic nitrogens is 2. The lowest BCUT2D eigenvalue weighted by molar-refractivity contribution is -0.138. The van der Waals surface area contributed by atoms with Crippen LogP contribution in [0.4, 0.5) is 0 Å². The van der Waals surface area contributed by atoms with Gasteiger partial charge in [-0.05, 0) is 45.2 Å². The first-order chi connectivity index (χ1) is 13.9. The Bertz CT molecular complexity index is 1050. The van der Waals surface area contributed by atoms with Crippen molar-refractivity contribution in [2.45, 2.75) is 46.3 Å². The van der Waals surface area contributed by atoms with E-state index in [9.17, 15) is 9.59 Å². The summed E-state index contributed by atoms with van der Waals surface area (Å²) in [7, 11) is 0. The molecule has 2 aromatic heterocycles. The zero-order valence-corrected chi connectivity index (χ0v) is 17.8. The quantitative estimate of drug-likeness (QED) is 0.597. The maximum Gasteiger partial charge on any atom is 0.349 e. The number of hydrogen-bond acceptors (Lipinski definition) is 5. The first-order valence-electron chi connectivity index (χ1n) is 9.94. The van der Waals surface area contributed by atoms with Crippen LogP contribution in [0.1, 0.15) is 46.3 Å². The Morgan fingerprint density at radius 3 is 2.55 bits per heavy atom. The topological polar surface area (TPSA) is 64.4 Å². The highest BCUT2D eigenvalue weighted by Gasteiger charge is 2.27. The zero-order chi connectivity index (χ0) is 20.5. The third-order valence-electron chi connectivity index (χ3n) is 5.31. The Morgan fingerprint density at radius 2 is 1.86 bits per heavy atom. The van der Waals surface area contributed by atoms with Gasteiger partial charge in [-0.3, -0.25) is 9.48 Å². The number of nitrogens with zero attached hydrogens (tertiary/aromatic N) is 3. The summed E-state index contributed by atoms with van der Waals surface area (Å²) in [6, 6.07) is 10.2. The summed E-state index contributed by atoms with van der Waals surface area (Å²) < 4.78 is 7.40. The van der Waals surface area contributed by atoms with E-state index in [1.54, 1.807) is 11.8 Å². The lowest BCUT2D eigenvalue weighted by Gasteiger charge is -2.20. The van der Waals surface area contributed by atoms with E-state index in [0.717, 1.165) is 47.4 Å². The highest BCUT2D eigenvalue weighted by molar-refractivity contribution is 7.20. The third kappa shape index (κ3) is 4.05. The Kier molecular flexibility index (Phi) is 5.41. The van der Waals surface area contributed by atoms with Gasteiger partial charge in [0, 0.05) is 18.5 Å². The molecule has 0 saturated carbocycles. The molecular formula is C22H25N3O3S. The molecule has 0 aliphatic carbocycles. The summed E-state index contributed by atoms with van der Waals surface area (Å²) in [5, 5.41) is 5.58. The largest absolute Gasteiger partial charge is 0.448 e. The molecule has 0 unspecified atom stereocenters. The van der Waals surface area contributed by atoms with Crippen molar-refractivity contribution >= 4 is 33.4 Å². The zero-order valence-electron chi connectivity index (χ0n) is 17.0. The lowest BCUT2D eigenvalue weighted by Crippen LogP contribution is -2.38. The molecule has 3 heterocycles. The number of ether oxygens (including phenoxy) is 1. The summed E-state index contributed by atoms with van der Waals surface area (Å²) in [4.78, 5) is 28.3. The first kappa shape index (κ1) is 19.6. The Hall–Kier alpha value is -2.67. The standard InChI is InChI=1S/C22H25N3O3S/c1-14-6-8-17(9-7-14)13-25-21-18(15(2)23-25)12-19(29-21)22(27)28-16(3)20(26)24-10-4-5-11-24/h6-9,12,16H,4-5,10-11,13H2,1-3H3/t16-/m0/s1. The Labute approximate surface area is 174 Å². The van der Waals surface area contributed by atoms with Crippen LogP contribution in [-0.4, -0.2) is 45.8 Å². The number of rotatable bonds is 5. The fourth-order valence-corrected chi connectivity index (χ4v) is 4.69. The van der Waals surface area contributed by atoms with Gasteiger partial charge >= 0.3 is 5.97 Å². The molecule has 6 nitrogen and oxygen atoms in total. The van der Waals surface area contributed by atoms with E-state index in [1.165, 1.54) is 16.9 Å². The molecule has 0 N–H and O–H groups in total. The molecule has 1 atom stereocenters. The normalized spacial score (nSPS) is 15.1. The average Bonchev–Trinajstić information content (AvgIpc) is 3.42. The Balaban J connectivity index is 1.51. The predicted octanol–water partition coefficient (Wildman–Crippen LogP) is 3.93. The van der Waals surface area contributed by atoms with Crippen molar-refractivity contribution in [3.8, 4) is 0 Å². The number of hydrogen-bond donors (Lipinski definition) is 0. The molecule has 29 heavy (non-hydrogen) atoms. The van der Waals surface area contributed by atoms with Gasteiger partial charge in [-0.2, -0.15) is 5.10 Å². The summed E-state index contributed by atoms with van der Waals surface area (Å²) >= 11 is 1.36. The summed E-state index contributed by atoms with van der Waals surface area (Å²) in [5.41, 5.74) is 3.25. The molecule has 152 valence electrons. The number of carbonyl (C=O) groups is 2. The van der Waals surface area contributed by atoms with E-state index in [-0.39, 0.29) is 5.91 Å². The SMILES string of the molecule is Cc1ccc(Cn2nc(C)c3cc(C(=O)O[C@@H](C)C(=O)N4CCCC4)sc32)cc1. The van der Waals surface area contributed by atoms with Gasteiger partial charge < -0.3 is 9.64 Å². The molecule has 1 saturated heterocycles. The third-order valence-corrected chi connectivity index (χ3v) is 6.44. The van der Waals surface area contributed by atoms with Gasteiger partial charge in [0.1, 0.15) is 9.71 Å². The van der Waals surface area contributed by atoms with Crippen molar-refractivity contribution in [1.29, 1.82) is 0 Å². The van der Waals surface area contributed by atoms with Crippen LogP contribution in [0.2, 0.25) is 0 Å². The number of benzene rings is 1. The van der Waals surface area contributed by atoms with Crippen LogP contribution < -0.4 is 0 Å². The molecule has 1 aromatic carbocycles. The van der Waals surface area contributed by atoms with E-state index >= 15 is 0 Å². The maximum absolute atomic E-state index is 12.6. The second-order valence-corrected chi connectivity index (χ2v) is 8.67. The van der Waals surface area contributed by atoms with Crippen LogP contribution in [0.25, 0.3) is 10.2 Å². The van der Waals surface area contributed by atoms with Gasteiger partial charge in [-0.1, -0.05) is 29.8 Å². The van der Waals surface area contributed by atoms with E-state index in [1.807, 2.05) is 17.7 Å². The number of thiophene rings is 1.